The molecule has 0 fully saturated rings. The smallest absolute Gasteiger partial charge is 0.192 e. The quantitative estimate of drug-likeness (QED) is 0.318. The van der Waals surface area contributed by atoms with Crippen molar-refractivity contribution in [2.24, 2.45) is 0 Å². The Morgan fingerprint density at radius 2 is 1.67 bits per heavy atom. The molecule has 0 aromatic heterocycles. The van der Waals surface area contributed by atoms with Crippen LogP contribution in [-0.2, 0) is 4.43 Å². The Labute approximate surface area is 129 Å². The highest BCUT2D eigenvalue weighted by Crippen LogP contribution is 2.33. The van der Waals surface area contributed by atoms with Gasteiger partial charge in [0.15, 0.2) is 8.32 Å². The second kappa shape index (κ2) is 9.53. The molecule has 18 heavy (non-hydrogen) atoms. The number of rotatable bonds is 10. The summed E-state index contributed by atoms with van der Waals surface area (Å²) in [4.78, 5) is 0. The van der Waals surface area contributed by atoms with Crippen LogP contribution in [0.15, 0.2) is 10.2 Å². The van der Waals surface area contributed by atoms with E-state index in [0.717, 1.165) is 6.42 Å². The normalized spacial score (nSPS) is 16.1. The van der Waals surface area contributed by atoms with Crippen LogP contribution in [0.3, 0.4) is 0 Å². The molecule has 0 rings (SSSR count). The van der Waals surface area contributed by atoms with Crippen molar-refractivity contribution in [1.82, 2.24) is 0 Å². The highest BCUT2D eigenvalue weighted by atomic mass is 127. The number of unbranched alkanes of at least 4 members (excludes halogenated alkanes) is 1. The van der Waals surface area contributed by atoms with E-state index in [0.29, 0.717) is 0 Å². The van der Waals surface area contributed by atoms with Crippen molar-refractivity contribution in [1.29, 1.82) is 0 Å². The maximum atomic E-state index is 6.76. The molecule has 0 amide bonds. The van der Waals surface area contributed by atoms with Gasteiger partial charge in [-0.2, -0.15) is 0 Å². The second-order valence-corrected chi connectivity index (χ2v) is 10.9. The lowest BCUT2D eigenvalue weighted by Crippen LogP contribution is -2.45. The summed E-state index contributed by atoms with van der Waals surface area (Å²) < 4.78 is 8.89. The molecule has 0 aromatic rings. The molecular formula is C15H31IOSi. The molecule has 3 heteroatoms. The van der Waals surface area contributed by atoms with E-state index in [4.69, 9.17) is 4.43 Å². The zero-order valence-corrected chi connectivity index (χ0v) is 16.0. The number of halogens is 1. The van der Waals surface area contributed by atoms with Gasteiger partial charge in [0.2, 0.25) is 0 Å². The molecule has 0 aliphatic rings. The third-order valence-electron chi connectivity index (χ3n) is 4.09. The van der Waals surface area contributed by atoms with Gasteiger partial charge in [0.25, 0.3) is 0 Å². The maximum Gasteiger partial charge on any atom is 0.192 e. The van der Waals surface area contributed by atoms with Crippen LogP contribution in [-0.4, -0.2) is 13.9 Å². The Hall–Kier alpha value is 0.647. The molecule has 108 valence electrons. The molecule has 0 aromatic carbocycles. The van der Waals surface area contributed by atoms with Crippen LogP contribution in [0, 0.1) is 0 Å². The molecule has 0 saturated heterocycles. The van der Waals surface area contributed by atoms with Gasteiger partial charge < -0.3 is 4.43 Å². The Bertz CT molecular complexity index is 230. The number of hydrogen-bond acceptors (Lipinski definition) is 1. The van der Waals surface area contributed by atoms with Gasteiger partial charge >= 0.3 is 0 Å². The van der Waals surface area contributed by atoms with Gasteiger partial charge in [-0.15, -0.1) is 0 Å². The van der Waals surface area contributed by atoms with Crippen molar-refractivity contribution in [3.05, 3.63) is 10.2 Å². The molecule has 0 heterocycles. The summed E-state index contributed by atoms with van der Waals surface area (Å²) in [6.45, 7) is 11.5. The summed E-state index contributed by atoms with van der Waals surface area (Å²) in [5.41, 5.74) is 0.0614. The van der Waals surface area contributed by atoms with E-state index in [-0.39, 0.29) is 5.60 Å². The fourth-order valence-electron chi connectivity index (χ4n) is 2.53. The summed E-state index contributed by atoms with van der Waals surface area (Å²) in [5, 5.41) is 0. The first kappa shape index (κ1) is 18.6. The SMILES string of the molecule is CCCCC(C)(C/C=C/I)O[Si](CC)(CC)CC. The summed E-state index contributed by atoms with van der Waals surface area (Å²) in [7, 11) is -1.49. The predicted molar refractivity (Wildman–Crippen MR) is 94.0 cm³/mol. The van der Waals surface area contributed by atoms with E-state index in [1.807, 2.05) is 0 Å². The molecule has 0 aliphatic carbocycles. The summed E-state index contributed by atoms with van der Waals surface area (Å²) in [5.74, 6) is 0. The minimum Gasteiger partial charge on any atom is -0.411 e. The van der Waals surface area contributed by atoms with Crippen LogP contribution in [0.5, 0.6) is 0 Å². The van der Waals surface area contributed by atoms with E-state index in [9.17, 15) is 0 Å². The standard InChI is InChI=1S/C15H31IOSi/c1-6-10-12-15(5,13-11-14-16)17-18(7-2,8-3)9-4/h11,14H,6-10,12-13H2,1-5H3/b14-11+. The highest BCUT2D eigenvalue weighted by Gasteiger charge is 2.36. The van der Waals surface area contributed by atoms with E-state index >= 15 is 0 Å². The lowest BCUT2D eigenvalue weighted by molar-refractivity contribution is 0.0667. The Morgan fingerprint density at radius 3 is 2.06 bits per heavy atom. The molecule has 0 N–H and O–H groups in total. The van der Waals surface area contributed by atoms with Gasteiger partial charge in [-0.05, 0) is 42.0 Å². The van der Waals surface area contributed by atoms with Crippen LogP contribution < -0.4 is 0 Å². The summed E-state index contributed by atoms with van der Waals surface area (Å²) in [6.07, 6.45) is 7.04. The molecule has 0 radical (unpaired) electrons. The van der Waals surface area contributed by atoms with E-state index in [2.05, 4.69) is 67.4 Å². The predicted octanol–water partition coefficient (Wildman–Crippen LogP) is 6.30. The van der Waals surface area contributed by atoms with Crippen molar-refractivity contribution in [3.63, 3.8) is 0 Å². The average molecular weight is 382 g/mol. The molecule has 0 aliphatic heterocycles. The Morgan fingerprint density at radius 1 is 1.11 bits per heavy atom. The zero-order valence-electron chi connectivity index (χ0n) is 12.9. The topological polar surface area (TPSA) is 9.23 Å². The fourth-order valence-corrected chi connectivity index (χ4v) is 5.95. The third-order valence-corrected chi connectivity index (χ3v) is 9.39. The van der Waals surface area contributed by atoms with Crippen molar-refractivity contribution >= 4 is 30.9 Å². The monoisotopic (exact) mass is 382 g/mol. The van der Waals surface area contributed by atoms with Crippen LogP contribution >= 0.6 is 22.6 Å². The van der Waals surface area contributed by atoms with Gasteiger partial charge in [-0.3, -0.25) is 0 Å². The Balaban J connectivity index is 4.83. The first-order valence-electron chi connectivity index (χ1n) is 7.46. The molecule has 0 saturated carbocycles. The lowest BCUT2D eigenvalue weighted by atomic mass is 9.96. The minimum atomic E-state index is -1.49. The van der Waals surface area contributed by atoms with Crippen LogP contribution in [0.1, 0.15) is 60.3 Å². The van der Waals surface area contributed by atoms with E-state index in [1.165, 1.54) is 37.4 Å². The summed E-state index contributed by atoms with van der Waals surface area (Å²) >= 11 is 2.31. The molecular weight excluding hydrogens is 351 g/mol. The third kappa shape index (κ3) is 6.20. The second-order valence-electron chi connectivity index (χ2n) is 5.47. The van der Waals surface area contributed by atoms with Crippen LogP contribution in [0.25, 0.3) is 0 Å². The van der Waals surface area contributed by atoms with Crippen LogP contribution in [0.4, 0.5) is 0 Å². The molecule has 1 unspecified atom stereocenters. The van der Waals surface area contributed by atoms with Gasteiger partial charge in [0.1, 0.15) is 0 Å². The van der Waals surface area contributed by atoms with E-state index in [1.54, 1.807) is 0 Å². The number of hydrogen-bond donors (Lipinski definition) is 0. The van der Waals surface area contributed by atoms with Gasteiger partial charge in [0, 0.05) is 0 Å². The summed E-state index contributed by atoms with van der Waals surface area (Å²) in [6, 6.07) is 3.74. The van der Waals surface area contributed by atoms with Gasteiger partial charge in [-0.1, -0.05) is 69.2 Å². The average Bonchev–Trinajstić information content (AvgIpc) is 2.41. The first-order valence-corrected chi connectivity index (χ1v) is 11.2. The van der Waals surface area contributed by atoms with Crippen molar-refractivity contribution < 1.29 is 4.43 Å². The highest BCUT2D eigenvalue weighted by molar-refractivity contribution is 14.1. The van der Waals surface area contributed by atoms with Crippen LogP contribution in [0.2, 0.25) is 18.1 Å². The lowest BCUT2D eigenvalue weighted by Gasteiger charge is -2.40. The largest absolute Gasteiger partial charge is 0.411 e. The molecule has 0 bridgehead atoms. The zero-order chi connectivity index (χ0) is 14.1. The van der Waals surface area contributed by atoms with Gasteiger partial charge in [-0.25, -0.2) is 0 Å². The van der Waals surface area contributed by atoms with Crippen molar-refractivity contribution in [2.45, 2.75) is 84.0 Å². The molecule has 1 nitrogen and oxygen atoms in total. The fraction of sp³-hybridized carbons (Fsp3) is 0.867. The molecule has 1 atom stereocenters. The maximum absolute atomic E-state index is 6.76. The minimum absolute atomic E-state index is 0.0614. The van der Waals surface area contributed by atoms with Crippen molar-refractivity contribution in [2.75, 3.05) is 0 Å². The first-order chi connectivity index (χ1) is 8.51. The Kier molecular flexibility index (Phi) is 9.88. The van der Waals surface area contributed by atoms with E-state index < -0.39 is 8.32 Å². The van der Waals surface area contributed by atoms with Gasteiger partial charge in [0.05, 0.1) is 5.60 Å². The van der Waals surface area contributed by atoms with Crippen molar-refractivity contribution in [3.8, 4) is 0 Å². The molecule has 0 spiro atoms.